The number of carbonyl (C=O) groups excluding carboxylic acids is 1. The molecule has 2 saturated heterocycles. The van der Waals surface area contributed by atoms with Gasteiger partial charge in [0.05, 0.1) is 0 Å². The fourth-order valence-electron chi connectivity index (χ4n) is 4.32. The van der Waals surface area contributed by atoms with Crippen LogP contribution >= 0.6 is 0 Å². The molecule has 1 spiro atoms. The maximum Gasteiger partial charge on any atom is 0.222 e. The van der Waals surface area contributed by atoms with Gasteiger partial charge in [-0.1, -0.05) is 13.3 Å². The fraction of sp³-hybridized carbons (Fsp3) is 0.737. The summed E-state index contributed by atoms with van der Waals surface area (Å²) in [4.78, 5) is 25.6. The van der Waals surface area contributed by atoms with E-state index >= 15 is 0 Å². The second kappa shape index (κ2) is 7.08. The molecule has 3 rings (SSSR count). The van der Waals surface area contributed by atoms with Crippen LogP contribution in [0.3, 0.4) is 0 Å². The molecule has 1 amide bonds. The first-order valence-electron chi connectivity index (χ1n) is 9.38. The van der Waals surface area contributed by atoms with Crippen LogP contribution < -0.4 is 4.90 Å². The standard InChI is InChI=1S/C19H30N4O/c1-4-6-16-11-20-14-21-18(16)22-10-5-8-19(12-22)9-7-17(24)23(13-19)15(2)3/h11,14-15H,4-10,12-13H2,1-3H3/t19-/m1/s1. The number of aryl methyl sites for hydroxylation is 1. The molecule has 1 aromatic heterocycles. The SMILES string of the molecule is CCCc1cncnc1N1CCC[C@@]2(CCC(=O)N(C(C)C)C2)C1. The summed E-state index contributed by atoms with van der Waals surface area (Å²) in [6.45, 7) is 9.42. The van der Waals surface area contributed by atoms with Crippen LogP contribution in [0.25, 0.3) is 0 Å². The Morgan fingerprint density at radius 2 is 2.12 bits per heavy atom. The van der Waals surface area contributed by atoms with Crippen molar-refractivity contribution < 1.29 is 4.79 Å². The van der Waals surface area contributed by atoms with Crippen molar-refractivity contribution in [3.63, 3.8) is 0 Å². The van der Waals surface area contributed by atoms with Crippen molar-refractivity contribution in [2.45, 2.75) is 65.3 Å². The van der Waals surface area contributed by atoms with Crippen molar-refractivity contribution >= 4 is 11.7 Å². The maximum absolute atomic E-state index is 12.2. The first kappa shape index (κ1) is 17.2. The maximum atomic E-state index is 12.2. The number of aromatic nitrogens is 2. The minimum atomic E-state index is 0.227. The molecule has 0 aliphatic carbocycles. The normalized spacial score (nSPS) is 24.9. The van der Waals surface area contributed by atoms with E-state index in [-0.39, 0.29) is 5.41 Å². The van der Waals surface area contributed by atoms with Crippen molar-refractivity contribution in [1.29, 1.82) is 0 Å². The van der Waals surface area contributed by atoms with E-state index in [0.717, 1.165) is 44.7 Å². The lowest BCUT2D eigenvalue weighted by atomic mass is 9.73. The van der Waals surface area contributed by atoms with Gasteiger partial charge in [0.1, 0.15) is 12.1 Å². The molecule has 24 heavy (non-hydrogen) atoms. The molecule has 0 N–H and O–H groups in total. The van der Waals surface area contributed by atoms with Gasteiger partial charge in [-0.2, -0.15) is 0 Å². The Balaban J connectivity index is 1.81. The first-order valence-corrected chi connectivity index (χ1v) is 9.38. The van der Waals surface area contributed by atoms with Gasteiger partial charge in [0.2, 0.25) is 5.91 Å². The Hall–Kier alpha value is -1.65. The zero-order chi connectivity index (χ0) is 17.2. The predicted octanol–water partition coefficient (Wildman–Crippen LogP) is 3.05. The molecule has 0 radical (unpaired) electrons. The minimum absolute atomic E-state index is 0.227. The fourth-order valence-corrected chi connectivity index (χ4v) is 4.32. The van der Waals surface area contributed by atoms with Gasteiger partial charge < -0.3 is 9.80 Å². The topological polar surface area (TPSA) is 49.3 Å². The number of anilines is 1. The summed E-state index contributed by atoms with van der Waals surface area (Å²) in [5.41, 5.74) is 1.48. The molecule has 5 nitrogen and oxygen atoms in total. The summed E-state index contributed by atoms with van der Waals surface area (Å²) < 4.78 is 0. The van der Waals surface area contributed by atoms with Crippen LogP contribution in [0.2, 0.25) is 0 Å². The van der Waals surface area contributed by atoms with Crippen LogP contribution in [0, 0.1) is 5.41 Å². The summed E-state index contributed by atoms with van der Waals surface area (Å²) >= 11 is 0. The van der Waals surface area contributed by atoms with E-state index in [9.17, 15) is 4.79 Å². The van der Waals surface area contributed by atoms with Crippen molar-refractivity contribution in [3.8, 4) is 0 Å². The molecule has 2 aliphatic rings. The lowest BCUT2D eigenvalue weighted by Gasteiger charge is -2.49. The molecule has 2 fully saturated rings. The molecule has 1 atom stereocenters. The molecular weight excluding hydrogens is 300 g/mol. The average molecular weight is 330 g/mol. The summed E-state index contributed by atoms with van der Waals surface area (Å²) in [6, 6.07) is 0.291. The smallest absolute Gasteiger partial charge is 0.222 e. The summed E-state index contributed by atoms with van der Waals surface area (Å²) in [7, 11) is 0. The van der Waals surface area contributed by atoms with Crippen LogP contribution in [-0.4, -0.2) is 46.5 Å². The van der Waals surface area contributed by atoms with Gasteiger partial charge in [0.25, 0.3) is 0 Å². The largest absolute Gasteiger partial charge is 0.356 e. The first-order chi connectivity index (χ1) is 11.5. The average Bonchev–Trinajstić information content (AvgIpc) is 2.58. The minimum Gasteiger partial charge on any atom is -0.356 e. The van der Waals surface area contributed by atoms with E-state index in [1.165, 1.54) is 18.4 Å². The Kier molecular flexibility index (Phi) is 5.07. The van der Waals surface area contributed by atoms with E-state index in [1.807, 2.05) is 6.20 Å². The second-order valence-corrected chi connectivity index (χ2v) is 7.76. The van der Waals surface area contributed by atoms with Crippen LogP contribution in [0.5, 0.6) is 0 Å². The lowest BCUT2D eigenvalue weighted by Crippen LogP contribution is -2.55. The quantitative estimate of drug-likeness (QED) is 0.851. The highest BCUT2D eigenvalue weighted by Crippen LogP contribution is 2.40. The van der Waals surface area contributed by atoms with E-state index in [4.69, 9.17) is 0 Å². The third kappa shape index (κ3) is 3.40. The van der Waals surface area contributed by atoms with Crippen molar-refractivity contribution in [3.05, 3.63) is 18.1 Å². The molecular formula is C19H30N4O. The Bertz CT molecular complexity index is 588. The summed E-state index contributed by atoms with van der Waals surface area (Å²) in [5, 5.41) is 0. The number of piperidine rings is 2. The molecule has 0 bridgehead atoms. The van der Waals surface area contributed by atoms with Crippen LogP contribution in [0.4, 0.5) is 5.82 Å². The van der Waals surface area contributed by atoms with E-state index in [0.29, 0.717) is 18.4 Å². The molecule has 3 heterocycles. The molecule has 5 heteroatoms. The third-order valence-corrected chi connectivity index (χ3v) is 5.56. The lowest BCUT2D eigenvalue weighted by molar-refractivity contribution is -0.140. The number of carbonyl (C=O) groups is 1. The molecule has 132 valence electrons. The number of hydrogen-bond acceptors (Lipinski definition) is 4. The van der Waals surface area contributed by atoms with Crippen LogP contribution in [0.1, 0.15) is 58.4 Å². The van der Waals surface area contributed by atoms with Crippen molar-refractivity contribution in [1.82, 2.24) is 14.9 Å². The van der Waals surface area contributed by atoms with Gasteiger partial charge in [0.15, 0.2) is 0 Å². The van der Waals surface area contributed by atoms with E-state index in [1.54, 1.807) is 6.33 Å². The van der Waals surface area contributed by atoms with Gasteiger partial charge >= 0.3 is 0 Å². The van der Waals surface area contributed by atoms with E-state index < -0.39 is 0 Å². The summed E-state index contributed by atoms with van der Waals surface area (Å²) in [6.07, 6.45) is 9.87. The third-order valence-electron chi connectivity index (χ3n) is 5.56. The van der Waals surface area contributed by atoms with Crippen molar-refractivity contribution in [2.24, 2.45) is 5.41 Å². The zero-order valence-electron chi connectivity index (χ0n) is 15.3. The number of amides is 1. The Morgan fingerprint density at radius 1 is 1.29 bits per heavy atom. The number of likely N-dealkylation sites (tertiary alicyclic amines) is 1. The highest BCUT2D eigenvalue weighted by molar-refractivity contribution is 5.77. The van der Waals surface area contributed by atoms with E-state index in [2.05, 4.69) is 40.5 Å². The van der Waals surface area contributed by atoms with Gasteiger partial charge in [-0.05, 0) is 39.5 Å². The monoisotopic (exact) mass is 330 g/mol. The zero-order valence-corrected chi connectivity index (χ0v) is 15.3. The molecule has 0 saturated carbocycles. The molecule has 0 aromatic carbocycles. The molecule has 2 aliphatic heterocycles. The number of hydrogen-bond donors (Lipinski definition) is 0. The van der Waals surface area contributed by atoms with Gasteiger partial charge in [-0.25, -0.2) is 9.97 Å². The van der Waals surface area contributed by atoms with Crippen molar-refractivity contribution in [2.75, 3.05) is 24.5 Å². The second-order valence-electron chi connectivity index (χ2n) is 7.76. The number of rotatable bonds is 4. The van der Waals surface area contributed by atoms with Crippen LogP contribution in [0.15, 0.2) is 12.5 Å². The van der Waals surface area contributed by atoms with Crippen LogP contribution in [-0.2, 0) is 11.2 Å². The highest BCUT2D eigenvalue weighted by atomic mass is 16.2. The van der Waals surface area contributed by atoms with Gasteiger partial charge in [-0.15, -0.1) is 0 Å². The Labute approximate surface area is 145 Å². The Morgan fingerprint density at radius 3 is 2.88 bits per heavy atom. The molecule has 0 unspecified atom stereocenters. The van der Waals surface area contributed by atoms with Gasteiger partial charge in [0, 0.05) is 49.3 Å². The number of nitrogens with zero attached hydrogens (tertiary/aromatic N) is 4. The highest BCUT2D eigenvalue weighted by Gasteiger charge is 2.42. The summed E-state index contributed by atoms with van der Waals surface area (Å²) in [5.74, 6) is 1.43. The van der Waals surface area contributed by atoms with Gasteiger partial charge in [-0.3, -0.25) is 4.79 Å². The predicted molar refractivity (Wildman–Crippen MR) is 96.0 cm³/mol. The molecule has 1 aromatic rings.